The van der Waals surface area contributed by atoms with E-state index in [0.717, 1.165) is 0 Å². The van der Waals surface area contributed by atoms with Crippen LogP contribution in [0.25, 0.3) is 0 Å². The number of esters is 2. The molecule has 0 fully saturated rings. The van der Waals surface area contributed by atoms with Crippen LogP contribution in [0.5, 0.6) is 0 Å². The lowest BCUT2D eigenvalue weighted by atomic mass is 10.2. The van der Waals surface area contributed by atoms with E-state index in [2.05, 4.69) is 0 Å². The molecule has 0 saturated heterocycles. The maximum atomic E-state index is 12.4. The molecule has 10 heteroatoms. The van der Waals surface area contributed by atoms with Crippen molar-refractivity contribution < 1.29 is 47.5 Å². The smallest absolute Gasteiger partial charge is 0.338 e. The number of methoxy groups -OCH3 is 4. The van der Waals surface area contributed by atoms with E-state index < -0.39 is 36.1 Å². The summed E-state index contributed by atoms with van der Waals surface area (Å²) in [6, 6.07) is 0. The van der Waals surface area contributed by atoms with E-state index in [-0.39, 0.29) is 13.2 Å². The second kappa shape index (κ2) is 11.4. The van der Waals surface area contributed by atoms with Gasteiger partial charge in [-0.25, -0.2) is 9.59 Å². The third-order valence-corrected chi connectivity index (χ3v) is 3.48. The largest absolute Gasteiger partial charge is 0.464 e. The fourth-order valence-electron chi connectivity index (χ4n) is 1.74. The molecule has 0 aliphatic rings. The lowest BCUT2D eigenvalue weighted by molar-refractivity contribution is -0.397. The Kier molecular flexibility index (Phi) is 10.8. The fraction of sp³-hybridized carbons (Fsp3) is 0.875. The summed E-state index contributed by atoms with van der Waals surface area (Å²) in [4.78, 5) is 24.9. The zero-order chi connectivity index (χ0) is 20.4. The van der Waals surface area contributed by atoms with Crippen LogP contribution in [0.4, 0.5) is 0 Å². The van der Waals surface area contributed by atoms with Crippen molar-refractivity contribution in [2.75, 3.05) is 41.7 Å². The quantitative estimate of drug-likeness (QED) is 0.335. The van der Waals surface area contributed by atoms with Gasteiger partial charge >= 0.3 is 11.9 Å². The Balaban J connectivity index is 5.89. The molecule has 0 aromatic rings. The highest BCUT2D eigenvalue weighted by molar-refractivity contribution is 5.85. The molecule has 0 bridgehead atoms. The SMILES string of the molecule is CCOC(=O)[C@H](OC(C)(OC)OC)[C@@H](OC(C)(OC)OC)C(=O)OCC. The van der Waals surface area contributed by atoms with E-state index in [1.54, 1.807) is 13.8 Å². The van der Waals surface area contributed by atoms with Crippen molar-refractivity contribution in [2.45, 2.75) is 51.8 Å². The van der Waals surface area contributed by atoms with Gasteiger partial charge in [0.15, 0.2) is 12.2 Å². The molecule has 0 radical (unpaired) electrons. The van der Waals surface area contributed by atoms with Crippen LogP contribution < -0.4 is 0 Å². The van der Waals surface area contributed by atoms with Crippen LogP contribution in [0.2, 0.25) is 0 Å². The van der Waals surface area contributed by atoms with Gasteiger partial charge in [-0.3, -0.25) is 0 Å². The minimum atomic E-state index is -1.65. The minimum absolute atomic E-state index is 0.0523. The molecular formula is C16H30O10. The van der Waals surface area contributed by atoms with Crippen LogP contribution in [0.3, 0.4) is 0 Å². The van der Waals surface area contributed by atoms with Gasteiger partial charge in [-0.1, -0.05) is 0 Å². The van der Waals surface area contributed by atoms with Crippen LogP contribution >= 0.6 is 0 Å². The zero-order valence-corrected chi connectivity index (χ0v) is 16.7. The fourth-order valence-corrected chi connectivity index (χ4v) is 1.74. The highest BCUT2D eigenvalue weighted by atomic mass is 16.9. The topological polar surface area (TPSA) is 108 Å². The monoisotopic (exact) mass is 382 g/mol. The minimum Gasteiger partial charge on any atom is -0.464 e. The van der Waals surface area contributed by atoms with Crippen molar-refractivity contribution >= 4 is 11.9 Å². The Morgan fingerprint density at radius 3 is 1.15 bits per heavy atom. The molecule has 0 spiro atoms. The third-order valence-electron chi connectivity index (χ3n) is 3.48. The lowest BCUT2D eigenvalue weighted by Gasteiger charge is -2.36. The summed E-state index contributed by atoms with van der Waals surface area (Å²) in [6.07, 6.45) is -3.16. The first-order chi connectivity index (χ1) is 12.2. The van der Waals surface area contributed by atoms with Crippen molar-refractivity contribution in [3.8, 4) is 0 Å². The van der Waals surface area contributed by atoms with E-state index in [1.165, 1.54) is 42.3 Å². The molecule has 0 N–H and O–H groups in total. The predicted molar refractivity (Wildman–Crippen MR) is 87.9 cm³/mol. The predicted octanol–water partition coefficient (Wildman–Crippen LogP) is 0.816. The summed E-state index contributed by atoms with van der Waals surface area (Å²) >= 11 is 0. The molecule has 2 atom stereocenters. The average molecular weight is 382 g/mol. The highest BCUT2D eigenvalue weighted by Gasteiger charge is 2.47. The molecule has 10 nitrogen and oxygen atoms in total. The first kappa shape index (κ1) is 24.7. The van der Waals surface area contributed by atoms with Crippen molar-refractivity contribution in [2.24, 2.45) is 0 Å². The molecule has 154 valence electrons. The van der Waals surface area contributed by atoms with E-state index in [4.69, 9.17) is 37.9 Å². The van der Waals surface area contributed by atoms with E-state index in [1.807, 2.05) is 0 Å². The molecule has 0 heterocycles. The molecular weight excluding hydrogens is 352 g/mol. The number of carbonyl (C=O) groups excluding carboxylic acids is 2. The van der Waals surface area contributed by atoms with Crippen LogP contribution in [0.1, 0.15) is 27.7 Å². The maximum absolute atomic E-state index is 12.4. The van der Waals surface area contributed by atoms with Gasteiger partial charge in [-0.05, 0) is 13.8 Å². The number of carbonyl (C=O) groups is 2. The van der Waals surface area contributed by atoms with E-state index >= 15 is 0 Å². The summed E-state index contributed by atoms with van der Waals surface area (Å²) in [7, 11) is 5.22. The van der Waals surface area contributed by atoms with E-state index in [9.17, 15) is 9.59 Å². The molecule has 26 heavy (non-hydrogen) atoms. The van der Waals surface area contributed by atoms with Gasteiger partial charge < -0.3 is 37.9 Å². The van der Waals surface area contributed by atoms with Crippen LogP contribution in [0, 0.1) is 0 Å². The number of rotatable bonds is 13. The van der Waals surface area contributed by atoms with Crippen LogP contribution in [-0.4, -0.2) is 77.7 Å². The Labute approximate surface area is 153 Å². The number of hydrogen-bond acceptors (Lipinski definition) is 10. The maximum Gasteiger partial charge on any atom is 0.338 e. The Hall–Kier alpha value is -1.30. The zero-order valence-electron chi connectivity index (χ0n) is 16.7. The van der Waals surface area contributed by atoms with Gasteiger partial charge in [0.2, 0.25) is 0 Å². The van der Waals surface area contributed by atoms with Crippen molar-refractivity contribution in [3.63, 3.8) is 0 Å². The highest BCUT2D eigenvalue weighted by Crippen LogP contribution is 2.24. The second-order valence-electron chi connectivity index (χ2n) is 5.12. The molecule has 0 aliphatic heterocycles. The average Bonchev–Trinajstić information content (AvgIpc) is 2.64. The number of ether oxygens (including phenoxy) is 8. The Bertz CT molecular complexity index is 391. The Morgan fingerprint density at radius 1 is 0.692 bits per heavy atom. The van der Waals surface area contributed by atoms with Gasteiger partial charge in [-0.15, -0.1) is 0 Å². The van der Waals surface area contributed by atoms with Crippen LogP contribution in [-0.2, 0) is 47.5 Å². The molecule has 0 unspecified atom stereocenters. The molecule has 0 aliphatic carbocycles. The molecule has 0 saturated carbocycles. The van der Waals surface area contributed by atoms with Gasteiger partial charge in [0.1, 0.15) is 0 Å². The van der Waals surface area contributed by atoms with Gasteiger partial charge in [-0.2, -0.15) is 0 Å². The first-order valence-electron chi connectivity index (χ1n) is 8.05. The number of hydrogen-bond donors (Lipinski definition) is 0. The molecule has 0 aromatic heterocycles. The summed E-state index contributed by atoms with van der Waals surface area (Å²) in [5.41, 5.74) is 0. The second-order valence-corrected chi connectivity index (χ2v) is 5.12. The molecule has 0 rings (SSSR count). The van der Waals surface area contributed by atoms with E-state index in [0.29, 0.717) is 0 Å². The third kappa shape index (κ3) is 7.14. The van der Waals surface area contributed by atoms with Gasteiger partial charge in [0, 0.05) is 42.3 Å². The molecule has 0 amide bonds. The van der Waals surface area contributed by atoms with Crippen LogP contribution in [0.15, 0.2) is 0 Å². The normalized spacial score (nSPS) is 14.6. The summed E-state index contributed by atoms with van der Waals surface area (Å²) in [6.45, 7) is 6.14. The summed E-state index contributed by atoms with van der Waals surface area (Å²) in [5.74, 6) is -5.05. The van der Waals surface area contributed by atoms with Crippen molar-refractivity contribution in [1.82, 2.24) is 0 Å². The summed E-state index contributed by atoms with van der Waals surface area (Å²) in [5, 5.41) is 0. The standard InChI is InChI=1S/C16H30O10/c1-9-23-13(17)11(25-15(3,19-5)20-6)12(14(18)24-10-2)26-16(4,21-7)22-8/h11-12H,9-10H2,1-8H3/t11-,12-/m1/s1. The van der Waals surface area contributed by atoms with Crippen molar-refractivity contribution in [3.05, 3.63) is 0 Å². The summed E-state index contributed by atoms with van der Waals surface area (Å²) < 4.78 is 41.5. The molecule has 0 aromatic carbocycles. The lowest BCUT2D eigenvalue weighted by Crippen LogP contribution is -2.54. The van der Waals surface area contributed by atoms with Gasteiger partial charge in [0.05, 0.1) is 13.2 Å². The van der Waals surface area contributed by atoms with Crippen molar-refractivity contribution in [1.29, 1.82) is 0 Å². The Morgan fingerprint density at radius 2 is 0.962 bits per heavy atom. The first-order valence-corrected chi connectivity index (χ1v) is 8.05. The van der Waals surface area contributed by atoms with Gasteiger partial charge in [0.25, 0.3) is 11.9 Å².